The number of benzene rings is 1. The van der Waals surface area contributed by atoms with Crippen molar-refractivity contribution in [1.82, 2.24) is 5.16 Å². The Labute approximate surface area is 154 Å². The third-order valence-corrected chi connectivity index (χ3v) is 4.65. The number of carbonyl (C=O) groups excluding carboxylic acids is 1. The minimum atomic E-state index is -0.956. The van der Waals surface area contributed by atoms with Crippen molar-refractivity contribution in [2.24, 2.45) is 0 Å². The van der Waals surface area contributed by atoms with Crippen LogP contribution >= 0.6 is 23.2 Å². The SMILES string of the molecule is CCOC(=O)C(F)=C1CCCc2onc(Cc3ccc(Cl)cc3Cl)c21. The van der Waals surface area contributed by atoms with E-state index in [0.29, 0.717) is 58.3 Å². The van der Waals surface area contributed by atoms with E-state index >= 15 is 0 Å². The standard InChI is InChI=1S/C18H16Cl2FNO3/c1-2-24-18(23)17(21)12-4-3-5-15-16(12)14(22-25-15)8-10-6-7-11(19)9-13(10)20/h6-7,9H,2-5,8H2,1H3. The lowest BCUT2D eigenvalue weighted by Crippen LogP contribution is -2.10. The highest BCUT2D eigenvalue weighted by atomic mass is 35.5. The van der Waals surface area contributed by atoms with E-state index in [-0.39, 0.29) is 6.61 Å². The van der Waals surface area contributed by atoms with Gasteiger partial charge in [-0.2, -0.15) is 4.39 Å². The second-order valence-electron chi connectivity index (χ2n) is 5.71. The first-order valence-corrected chi connectivity index (χ1v) is 8.74. The Morgan fingerprint density at radius 1 is 1.36 bits per heavy atom. The zero-order valence-electron chi connectivity index (χ0n) is 13.6. The van der Waals surface area contributed by atoms with Crippen molar-refractivity contribution in [2.45, 2.75) is 32.6 Å². The molecule has 4 nitrogen and oxygen atoms in total. The van der Waals surface area contributed by atoms with Crippen LogP contribution in [0.3, 0.4) is 0 Å². The molecular weight excluding hydrogens is 368 g/mol. The van der Waals surface area contributed by atoms with Gasteiger partial charge in [0, 0.05) is 34.0 Å². The van der Waals surface area contributed by atoms with Gasteiger partial charge in [0.15, 0.2) is 0 Å². The molecule has 25 heavy (non-hydrogen) atoms. The van der Waals surface area contributed by atoms with Crippen LogP contribution in [0.25, 0.3) is 5.57 Å². The zero-order valence-corrected chi connectivity index (χ0v) is 15.1. The highest BCUT2D eigenvalue weighted by Crippen LogP contribution is 2.37. The van der Waals surface area contributed by atoms with E-state index < -0.39 is 11.8 Å². The third-order valence-electron chi connectivity index (χ3n) is 4.06. The number of carbonyl (C=O) groups is 1. The van der Waals surface area contributed by atoms with E-state index in [1.165, 1.54) is 0 Å². The summed E-state index contributed by atoms with van der Waals surface area (Å²) in [6.45, 7) is 1.75. The lowest BCUT2D eigenvalue weighted by molar-refractivity contribution is -0.140. The molecule has 0 N–H and O–H groups in total. The summed E-state index contributed by atoms with van der Waals surface area (Å²) in [6, 6.07) is 5.16. The fourth-order valence-corrected chi connectivity index (χ4v) is 3.40. The lowest BCUT2D eigenvalue weighted by atomic mass is 9.89. The molecule has 0 fully saturated rings. The van der Waals surface area contributed by atoms with Crippen molar-refractivity contribution in [1.29, 1.82) is 0 Å². The molecule has 0 radical (unpaired) electrons. The van der Waals surface area contributed by atoms with E-state index in [1.54, 1.807) is 25.1 Å². The van der Waals surface area contributed by atoms with Gasteiger partial charge < -0.3 is 9.26 Å². The molecule has 0 spiro atoms. The first-order valence-electron chi connectivity index (χ1n) is 7.98. The first-order chi connectivity index (χ1) is 12.0. The van der Waals surface area contributed by atoms with Crippen LogP contribution in [0.1, 0.15) is 42.3 Å². The number of ether oxygens (including phenoxy) is 1. The van der Waals surface area contributed by atoms with Crippen LogP contribution in [0.2, 0.25) is 10.0 Å². The molecule has 7 heteroatoms. The quantitative estimate of drug-likeness (QED) is 0.540. The maximum atomic E-state index is 14.6. The Bertz CT molecular complexity index is 845. The number of hydrogen-bond acceptors (Lipinski definition) is 4. The summed E-state index contributed by atoms with van der Waals surface area (Å²) in [5.41, 5.74) is 2.20. The molecule has 1 aromatic carbocycles. The molecule has 1 heterocycles. The number of fused-ring (bicyclic) bond motifs is 1. The molecular formula is C18H16Cl2FNO3. The first kappa shape index (κ1) is 18.0. The van der Waals surface area contributed by atoms with Gasteiger partial charge >= 0.3 is 5.97 Å². The molecule has 0 saturated heterocycles. The molecule has 0 bridgehead atoms. The number of aromatic nitrogens is 1. The zero-order chi connectivity index (χ0) is 18.0. The van der Waals surface area contributed by atoms with Crippen molar-refractivity contribution < 1.29 is 18.4 Å². The number of aryl methyl sites for hydroxylation is 1. The summed E-state index contributed by atoms with van der Waals surface area (Å²) in [6.07, 6.45) is 2.12. The van der Waals surface area contributed by atoms with Gasteiger partial charge in [0.25, 0.3) is 0 Å². The number of hydrogen-bond donors (Lipinski definition) is 0. The smallest absolute Gasteiger partial charge is 0.367 e. The molecule has 132 valence electrons. The summed E-state index contributed by atoms with van der Waals surface area (Å²) >= 11 is 12.1. The maximum absolute atomic E-state index is 14.6. The van der Waals surface area contributed by atoms with E-state index in [2.05, 4.69) is 5.16 Å². The molecule has 1 aliphatic rings. The molecule has 1 aliphatic carbocycles. The Morgan fingerprint density at radius 3 is 2.88 bits per heavy atom. The minimum absolute atomic E-state index is 0.114. The average molecular weight is 384 g/mol. The number of esters is 1. The molecule has 0 aliphatic heterocycles. The Morgan fingerprint density at radius 2 is 2.16 bits per heavy atom. The summed E-state index contributed by atoms with van der Waals surface area (Å²) in [5, 5.41) is 5.10. The lowest BCUT2D eigenvalue weighted by Gasteiger charge is -2.15. The van der Waals surface area contributed by atoms with E-state index in [1.807, 2.05) is 0 Å². The Hall–Kier alpha value is -1.85. The summed E-state index contributed by atoms with van der Waals surface area (Å²) in [7, 11) is 0. The van der Waals surface area contributed by atoms with Crippen LogP contribution < -0.4 is 0 Å². The van der Waals surface area contributed by atoms with Crippen molar-refractivity contribution in [2.75, 3.05) is 6.61 Å². The van der Waals surface area contributed by atoms with Gasteiger partial charge in [0.2, 0.25) is 5.83 Å². The molecule has 1 aromatic heterocycles. The number of allylic oxidation sites excluding steroid dienone is 1. The molecule has 3 rings (SSSR count). The van der Waals surface area contributed by atoms with Crippen LogP contribution in [0.5, 0.6) is 0 Å². The minimum Gasteiger partial charge on any atom is -0.461 e. The second-order valence-corrected chi connectivity index (χ2v) is 6.55. The Balaban J connectivity index is 2.00. The summed E-state index contributed by atoms with van der Waals surface area (Å²) in [4.78, 5) is 11.8. The molecule has 2 aromatic rings. The van der Waals surface area contributed by atoms with Gasteiger partial charge in [-0.05, 0) is 37.5 Å². The summed E-state index contributed by atoms with van der Waals surface area (Å²) in [5.74, 6) is -1.25. The number of halogens is 3. The summed E-state index contributed by atoms with van der Waals surface area (Å²) < 4.78 is 24.7. The van der Waals surface area contributed by atoms with Gasteiger partial charge in [-0.25, -0.2) is 4.79 Å². The highest BCUT2D eigenvalue weighted by molar-refractivity contribution is 6.35. The fraction of sp³-hybridized carbons (Fsp3) is 0.333. The predicted molar refractivity (Wildman–Crippen MR) is 93.4 cm³/mol. The third kappa shape index (κ3) is 3.72. The van der Waals surface area contributed by atoms with E-state index in [9.17, 15) is 9.18 Å². The van der Waals surface area contributed by atoms with Crippen molar-refractivity contribution in [3.8, 4) is 0 Å². The van der Waals surface area contributed by atoms with Crippen LogP contribution in [0.4, 0.5) is 4.39 Å². The van der Waals surface area contributed by atoms with Crippen molar-refractivity contribution >= 4 is 34.7 Å². The van der Waals surface area contributed by atoms with Crippen LogP contribution in [0, 0.1) is 0 Å². The normalized spacial score (nSPS) is 15.7. The predicted octanol–water partition coefficient (Wildman–Crippen LogP) is 5.15. The van der Waals surface area contributed by atoms with Crippen LogP contribution in [0.15, 0.2) is 28.5 Å². The van der Waals surface area contributed by atoms with Gasteiger partial charge in [-0.1, -0.05) is 34.4 Å². The Kier molecular flexibility index (Phi) is 5.45. The number of nitrogens with zero attached hydrogens (tertiary/aromatic N) is 1. The molecule has 0 saturated carbocycles. The second kappa shape index (κ2) is 7.58. The van der Waals surface area contributed by atoms with Crippen molar-refractivity contribution in [3.05, 3.63) is 56.7 Å². The number of rotatable bonds is 4. The van der Waals surface area contributed by atoms with Gasteiger partial charge in [-0.3, -0.25) is 0 Å². The molecule has 0 amide bonds. The monoisotopic (exact) mass is 383 g/mol. The van der Waals surface area contributed by atoms with Crippen LogP contribution in [-0.4, -0.2) is 17.7 Å². The molecule has 0 atom stereocenters. The van der Waals surface area contributed by atoms with Crippen LogP contribution in [-0.2, 0) is 22.4 Å². The van der Waals surface area contributed by atoms with Gasteiger partial charge in [0.1, 0.15) is 5.76 Å². The molecule has 0 unspecified atom stereocenters. The van der Waals surface area contributed by atoms with E-state index in [4.69, 9.17) is 32.5 Å². The van der Waals surface area contributed by atoms with Crippen molar-refractivity contribution in [3.63, 3.8) is 0 Å². The van der Waals surface area contributed by atoms with Gasteiger partial charge in [-0.15, -0.1) is 0 Å². The van der Waals surface area contributed by atoms with E-state index in [0.717, 1.165) is 5.56 Å². The maximum Gasteiger partial charge on any atom is 0.367 e. The average Bonchev–Trinajstić information content (AvgIpc) is 3.00. The van der Waals surface area contributed by atoms with Gasteiger partial charge in [0.05, 0.1) is 12.3 Å². The topological polar surface area (TPSA) is 52.3 Å². The fourth-order valence-electron chi connectivity index (χ4n) is 2.93. The largest absolute Gasteiger partial charge is 0.461 e. The highest BCUT2D eigenvalue weighted by Gasteiger charge is 2.29.